The van der Waals surface area contributed by atoms with Crippen molar-refractivity contribution in [1.82, 2.24) is 0 Å². The quantitative estimate of drug-likeness (QED) is 0.581. The van der Waals surface area contributed by atoms with Crippen molar-refractivity contribution in [2.45, 2.75) is 40.0 Å². The molecule has 0 radical (unpaired) electrons. The van der Waals surface area contributed by atoms with Gasteiger partial charge in [0.05, 0.1) is 6.26 Å². The lowest BCUT2D eigenvalue weighted by molar-refractivity contribution is -0.110. The van der Waals surface area contributed by atoms with E-state index >= 15 is 0 Å². The highest BCUT2D eigenvalue weighted by atomic mass is 16.2. The van der Waals surface area contributed by atoms with Gasteiger partial charge in [-0.25, -0.2) is 0 Å². The summed E-state index contributed by atoms with van der Waals surface area (Å²) in [6.45, 7) is 6.55. The number of allylic oxidation sites excluding steroid dienone is 5. The van der Waals surface area contributed by atoms with Crippen LogP contribution < -0.4 is 0 Å². The van der Waals surface area contributed by atoms with Gasteiger partial charge in [-0.2, -0.15) is 0 Å². The summed E-state index contributed by atoms with van der Waals surface area (Å²) in [6.07, 6.45) is 8.86. The highest BCUT2D eigenvalue weighted by Crippen LogP contribution is 2.40. The molecule has 0 atom stereocenters. The van der Waals surface area contributed by atoms with Crippen molar-refractivity contribution >= 4 is 5.78 Å². The monoisotopic (exact) mass is 220 g/mol. The van der Waals surface area contributed by atoms with Crippen LogP contribution in [0.4, 0.5) is 0 Å². The van der Waals surface area contributed by atoms with Crippen LogP contribution in [0.5, 0.6) is 0 Å². The lowest BCUT2D eigenvalue weighted by Gasteiger charge is -2.32. The van der Waals surface area contributed by atoms with Gasteiger partial charge >= 0.3 is 0 Å². The van der Waals surface area contributed by atoms with Crippen molar-refractivity contribution in [3.63, 3.8) is 0 Å². The minimum atomic E-state index is -0.177. The second-order valence-corrected chi connectivity index (χ2v) is 4.98. The Morgan fingerprint density at radius 2 is 2.06 bits per heavy atom. The van der Waals surface area contributed by atoms with Crippen molar-refractivity contribution < 1.29 is 9.90 Å². The Morgan fingerprint density at radius 3 is 2.62 bits per heavy atom. The van der Waals surface area contributed by atoms with Crippen LogP contribution in [0.2, 0.25) is 0 Å². The van der Waals surface area contributed by atoms with Gasteiger partial charge in [-0.3, -0.25) is 4.79 Å². The molecule has 0 saturated heterocycles. The molecule has 16 heavy (non-hydrogen) atoms. The molecular formula is C14H20O2. The summed E-state index contributed by atoms with van der Waals surface area (Å²) in [4.78, 5) is 11.2. The second-order valence-electron chi connectivity index (χ2n) is 4.98. The summed E-state index contributed by atoms with van der Waals surface area (Å²) >= 11 is 0. The van der Waals surface area contributed by atoms with Gasteiger partial charge in [0.2, 0.25) is 0 Å². The molecule has 2 heteroatoms. The van der Waals surface area contributed by atoms with E-state index < -0.39 is 0 Å². The van der Waals surface area contributed by atoms with Gasteiger partial charge in [-0.15, -0.1) is 0 Å². The highest BCUT2D eigenvalue weighted by molar-refractivity contribution is 5.99. The highest BCUT2D eigenvalue weighted by Gasteiger charge is 2.26. The van der Waals surface area contributed by atoms with Crippen LogP contribution in [-0.2, 0) is 4.79 Å². The zero-order chi connectivity index (χ0) is 12.2. The van der Waals surface area contributed by atoms with Crippen LogP contribution in [0.3, 0.4) is 0 Å². The maximum atomic E-state index is 11.2. The molecule has 0 heterocycles. The maximum absolute atomic E-state index is 11.2. The Morgan fingerprint density at radius 1 is 1.38 bits per heavy atom. The first-order chi connectivity index (χ1) is 7.47. The first-order valence-corrected chi connectivity index (χ1v) is 5.70. The fourth-order valence-corrected chi connectivity index (χ4v) is 2.30. The van der Waals surface area contributed by atoms with Gasteiger partial charge < -0.3 is 5.11 Å². The van der Waals surface area contributed by atoms with Crippen LogP contribution in [0.1, 0.15) is 40.0 Å². The largest absolute Gasteiger partial charge is 0.515 e. The van der Waals surface area contributed by atoms with Gasteiger partial charge in [-0.05, 0) is 43.3 Å². The Labute approximate surface area is 97.4 Å². The molecule has 0 spiro atoms. The number of carbonyl (C=O) groups is 1. The molecule has 0 aromatic carbocycles. The summed E-state index contributed by atoms with van der Waals surface area (Å²) < 4.78 is 0. The molecule has 0 fully saturated rings. The Kier molecular flexibility index (Phi) is 4.11. The van der Waals surface area contributed by atoms with Crippen LogP contribution in [-0.4, -0.2) is 10.9 Å². The van der Waals surface area contributed by atoms with E-state index in [4.69, 9.17) is 5.11 Å². The minimum absolute atomic E-state index is 0.155. The molecule has 1 N–H and O–H groups in total. The standard InChI is InChI=1S/C14H20O2/c1-11-5-4-9-14(2,3)13(11)7-6-12(16)8-10-15/h6-8,10,15H,4-5,9H2,1-3H3/b7-6+,10-8+. The Hall–Kier alpha value is -1.31. The number of ketones is 1. The predicted molar refractivity (Wildman–Crippen MR) is 66.2 cm³/mol. The average molecular weight is 220 g/mol. The normalized spacial score (nSPS) is 20.9. The third-order valence-corrected chi connectivity index (χ3v) is 3.20. The van der Waals surface area contributed by atoms with Gasteiger partial charge in [0.15, 0.2) is 5.78 Å². The third-order valence-electron chi connectivity index (χ3n) is 3.20. The van der Waals surface area contributed by atoms with Crippen LogP contribution in [0, 0.1) is 5.41 Å². The lowest BCUT2D eigenvalue weighted by Crippen LogP contribution is -2.19. The molecule has 0 saturated carbocycles. The van der Waals surface area contributed by atoms with Gasteiger partial charge in [0.25, 0.3) is 0 Å². The second kappa shape index (κ2) is 5.15. The van der Waals surface area contributed by atoms with Crippen LogP contribution >= 0.6 is 0 Å². The van der Waals surface area contributed by atoms with Crippen molar-refractivity contribution in [3.05, 3.63) is 35.6 Å². The first-order valence-electron chi connectivity index (χ1n) is 5.70. The van der Waals surface area contributed by atoms with E-state index in [-0.39, 0.29) is 11.2 Å². The number of aliphatic hydroxyl groups is 1. The van der Waals surface area contributed by atoms with Crippen molar-refractivity contribution in [3.8, 4) is 0 Å². The number of rotatable bonds is 3. The van der Waals surface area contributed by atoms with Gasteiger partial charge in [0, 0.05) is 6.08 Å². The van der Waals surface area contributed by atoms with Crippen molar-refractivity contribution in [2.75, 3.05) is 0 Å². The van der Waals surface area contributed by atoms with E-state index in [1.807, 2.05) is 6.08 Å². The van der Waals surface area contributed by atoms with Crippen molar-refractivity contribution in [1.29, 1.82) is 0 Å². The molecule has 88 valence electrons. The number of aliphatic hydroxyl groups excluding tert-OH is 1. The lowest BCUT2D eigenvalue weighted by atomic mass is 9.72. The maximum Gasteiger partial charge on any atom is 0.181 e. The zero-order valence-corrected chi connectivity index (χ0v) is 10.3. The topological polar surface area (TPSA) is 37.3 Å². The molecule has 1 aliphatic rings. The first kappa shape index (κ1) is 12.8. The molecule has 0 aliphatic heterocycles. The Balaban J connectivity index is 2.89. The summed E-state index contributed by atoms with van der Waals surface area (Å²) in [5, 5.41) is 8.48. The molecule has 0 aromatic rings. The van der Waals surface area contributed by atoms with Crippen LogP contribution in [0.25, 0.3) is 0 Å². The summed E-state index contributed by atoms with van der Waals surface area (Å²) in [6, 6.07) is 0. The van der Waals surface area contributed by atoms with E-state index in [0.717, 1.165) is 25.2 Å². The molecular weight excluding hydrogens is 200 g/mol. The SMILES string of the molecule is CC1=C(/C=C/C(=O)/C=C/O)C(C)(C)CCC1. The molecule has 1 rings (SSSR count). The van der Waals surface area contributed by atoms with Crippen molar-refractivity contribution in [2.24, 2.45) is 5.41 Å². The fourth-order valence-electron chi connectivity index (χ4n) is 2.30. The molecule has 0 unspecified atom stereocenters. The van der Waals surface area contributed by atoms with Crippen LogP contribution in [0.15, 0.2) is 35.6 Å². The predicted octanol–water partition coefficient (Wildman–Crippen LogP) is 3.71. The van der Waals surface area contributed by atoms with E-state index in [9.17, 15) is 4.79 Å². The van der Waals surface area contributed by atoms with E-state index in [2.05, 4.69) is 20.8 Å². The smallest absolute Gasteiger partial charge is 0.181 e. The number of carbonyl (C=O) groups excluding carboxylic acids is 1. The minimum Gasteiger partial charge on any atom is -0.515 e. The average Bonchev–Trinajstić information content (AvgIpc) is 2.16. The van der Waals surface area contributed by atoms with E-state index in [0.29, 0.717) is 0 Å². The molecule has 0 aromatic heterocycles. The molecule has 0 amide bonds. The van der Waals surface area contributed by atoms with E-state index in [1.54, 1.807) is 0 Å². The van der Waals surface area contributed by atoms with E-state index in [1.165, 1.54) is 23.6 Å². The molecule has 1 aliphatic carbocycles. The number of hydrogen-bond donors (Lipinski definition) is 1. The zero-order valence-electron chi connectivity index (χ0n) is 10.3. The Bertz CT molecular complexity index is 357. The summed E-state index contributed by atoms with van der Waals surface area (Å²) in [5.41, 5.74) is 2.79. The summed E-state index contributed by atoms with van der Waals surface area (Å²) in [7, 11) is 0. The summed E-state index contributed by atoms with van der Waals surface area (Å²) in [5.74, 6) is -0.177. The fraction of sp³-hybridized carbons (Fsp3) is 0.500. The van der Waals surface area contributed by atoms with Gasteiger partial charge in [-0.1, -0.05) is 25.5 Å². The molecule has 2 nitrogen and oxygen atoms in total. The third kappa shape index (κ3) is 3.09. The number of hydrogen-bond acceptors (Lipinski definition) is 2. The molecule has 0 bridgehead atoms. The van der Waals surface area contributed by atoms with Gasteiger partial charge in [0.1, 0.15) is 0 Å².